The van der Waals surface area contributed by atoms with Crippen molar-refractivity contribution in [3.63, 3.8) is 0 Å². The fraction of sp³-hybridized carbons (Fsp3) is 0.400. The second-order valence-electron chi connectivity index (χ2n) is 6.99. The highest BCUT2D eigenvalue weighted by Gasteiger charge is 2.23. The minimum atomic E-state index is 0.0281. The number of benzene rings is 1. The summed E-state index contributed by atoms with van der Waals surface area (Å²) in [5.41, 5.74) is 8.08. The van der Waals surface area contributed by atoms with Gasteiger partial charge in [0.1, 0.15) is 5.82 Å². The molecular formula is C20H25ClN4O. The summed E-state index contributed by atoms with van der Waals surface area (Å²) in [6.45, 7) is 1.85. The van der Waals surface area contributed by atoms with Crippen LogP contribution in [0.2, 0.25) is 5.02 Å². The van der Waals surface area contributed by atoms with E-state index in [0.29, 0.717) is 22.4 Å². The van der Waals surface area contributed by atoms with Crippen LogP contribution in [0.15, 0.2) is 36.5 Å². The second-order valence-corrected chi connectivity index (χ2v) is 7.39. The average molecular weight is 373 g/mol. The Morgan fingerprint density at radius 2 is 2.15 bits per heavy atom. The number of carbonyl (C=O) groups is 1. The van der Waals surface area contributed by atoms with E-state index < -0.39 is 0 Å². The van der Waals surface area contributed by atoms with E-state index in [1.165, 1.54) is 12.8 Å². The molecule has 1 aromatic carbocycles. The molecule has 2 N–H and O–H groups in total. The standard InChI is InChI=1S/C20H25ClN4O/c1-24-9-4-3-8-17(24)13-25(2)20(26)15-7-5-6-14(10-15)16-11-18(21)19(22)23-12-16/h5-7,10-12,17H,3-4,8-9,13H2,1-2H3,(H2,22,23)/t17-/m1/s1. The molecular weight excluding hydrogens is 348 g/mol. The topological polar surface area (TPSA) is 62.5 Å². The molecule has 0 unspecified atom stereocenters. The Balaban J connectivity index is 1.76. The molecule has 1 aliphatic heterocycles. The van der Waals surface area contributed by atoms with Crippen molar-refractivity contribution in [2.75, 3.05) is 32.9 Å². The first kappa shape index (κ1) is 18.7. The number of carbonyl (C=O) groups excluding carboxylic acids is 1. The third kappa shape index (κ3) is 4.17. The number of hydrogen-bond donors (Lipinski definition) is 1. The summed E-state index contributed by atoms with van der Waals surface area (Å²) in [5, 5.41) is 0.414. The number of hydrogen-bond acceptors (Lipinski definition) is 4. The molecule has 1 aliphatic rings. The van der Waals surface area contributed by atoms with Gasteiger partial charge < -0.3 is 15.5 Å². The molecule has 6 heteroatoms. The molecule has 0 aliphatic carbocycles. The van der Waals surface area contributed by atoms with Crippen LogP contribution >= 0.6 is 11.6 Å². The Labute approximate surface area is 159 Å². The lowest BCUT2D eigenvalue weighted by Crippen LogP contribution is -2.45. The third-order valence-electron chi connectivity index (χ3n) is 5.07. The minimum Gasteiger partial charge on any atom is -0.382 e. The van der Waals surface area contributed by atoms with Crippen LogP contribution in [0.4, 0.5) is 5.82 Å². The van der Waals surface area contributed by atoms with Crippen LogP contribution in [0, 0.1) is 0 Å². The number of nitrogens with zero attached hydrogens (tertiary/aromatic N) is 3. The normalized spacial score (nSPS) is 17.9. The molecule has 2 heterocycles. The lowest BCUT2D eigenvalue weighted by atomic mass is 10.0. The summed E-state index contributed by atoms with van der Waals surface area (Å²) in [4.78, 5) is 21.1. The maximum absolute atomic E-state index is 12.9. The fourth-order valence-electron chi connectivity index (χ4n) is 3.43. The number of piperidine rings is 1. The monoisotopic (exact) mass is 372 g/mol. The van der Waals surface area contributed by atoms with Crippen LogP contribution in [0.3, 0.4) is 0 Å². The van der Waals surface area contributed by atoms with Crippen LogP contribution < -0.4 is 5.73 Å². The lowest BCUT2D eigenvalue weighted by Gasteiger charge is -2.35. The number of likely N-dealkylation sites (tertiary alicyclic amines) is 1. The molecule has 0 saturated carbocycles. The van der Waals surface area contributed by atoms with Crippen molar-refractivity contribution in [1.29, 1.82) is 0 Å². The summed E-state index contributed by atoms with van der Waals surface area (Å²) in [5.74, 6) is 0.333. The fourth-order valence-corrected chi connectivity index (χ4v) is 3.60. The summed E-state index contributed by atoms with van der Waals surface area (Å²) in [7, 11) is 4.01. The van der Waals surface area contributed by atoms with E-state index in [0.717, 1.165) is 30.6 Å². The van der Waals surface area contributed by atoms with Crippen LogP contribution in [0.1, 0.15) is 29.6 Å². The van der Waals surface area contributed by atoms with Gasteiger partial charge in [-0.05, 0) is 50.2 Å². The average Bonchev–Trinajstić information content (AvgIpc) is 2.65. The maximum Gasteiger partial charge on any atom is 0.253 e. The molecule has 138 valence electrons. The van der Waals surface area contributed by atoms with Crippen LogP contribution in [0.25, 0.3) is 11.1 Å². The van der Waals surface area contributed by atoms with Gasteiger partial charge in [0.2, 0.25) is 0 Å². The van der Waals surface area contributed by atoms with E-state index in [9.17, 15) is 4.79 Å². The van der Waals surface area contributed by atoms with E-state index >= 15 is 0 Å². The van der Waals surface area contributed by atoms with Gasteiger partial charge in [0, 0.05) is 37.0 Å². The number of rotatable bonds is 4. The van der Waals surface area contributed by atoms with E-state index in [1.54, 1.807) is 12.3 Å². The highest BCUT2D eigenvalue weighted by atomic mass is 35.5. The number of anilines is 1. The number of aromatic nitrogens is 1. The van der Waals surface area contributed by atoms with Gasteiger partial charge in [0.05, 0.1) is 5.02 Å². The minimum absolute atomic E-state index is 0.0281. The molecule has 1 atom stereocenters. The van der Waals surface area contributed by atoms with E-state index in [1.807, 2.05) is 36.2 Å². The van der Waals surface area contributed by atoms with Crippen molar-refractivity contribution in [2.45, 2.75) is 25.3 Å². The molecule has 2 aromatic rings. The molecule has 5 nitrogen and oxygen atoms in total. The highest BCUT2D eigenvalue weighted by molar-refractivity contribution is 6.33. The summed E-state index contributed by atoms with van der Waals surface area (Å²) in [6.07, 6.45) is 5.29. The molecule has 26 heavy (non-hydrogen) atoms. The van der Waals surface area contributed by atoms with Gasteiger partial charge in [-0.25, -0.2) is 4.98 Å². The SMILES string of the molecule is CN(C[C@H]1CCCCN1C)C(=O)c1cccc(-c2cnc(N)c(Cl)c2)c1. The number of amides is 1. The number of halogens is 1. The van der Waals surface area contributed by atoms with Crippen LogP contribution in [-0.4, -0.2) is 53.9 Å². The van der Waals surface area contributed by atoms with Crippen LogP contribution in [0.5, 0.6) is 0 Å². The first-order valence-electron chi connectivity index (χ1n) is 8.93. The first-order chi connectivity index (χ1) is 12.5. The third-order valence-corrected chi connectivity index (χ3v) is 5.37. The van der Waals surface area contributed by atoms with Gasteiger partial charge >= 0.3 is 0 Å². The Bertz CT molecular complexity index is 795. The Morgan fingerprint density at radius 1 is 1.35 bits per heavy atom. The zero-order chi connectivity index (χ0) is 18.7. The largest absolute Gasteiger partial charge is 0.382 e. The number of nitrogen functional groups attached to an aromatic ring is 1. The Kier molecular flexibility index (Phi) is 5.79. The molecule has 1 amide bonds. The quantitative estimate of drug-likeness (QED) is 0.891. The van der Waals surface area contributed by atoms with Gasteiger partial charge in [-0.3, -0.25) is 4.79 Å². The zero-order valence-corrected chi connectivity index (χ0v) is 16.0. The van der Waals surface area contributed by atoms with E-state index in [-0.39, 0.29) is 5.91 Å². The predicted molar refractivity (Wildman–Crippen MR) is 106 cm³/mol. The van der Waals surface area contributed by atoms with Crippen molar-refractivity contribution in [1.82, 2.24) is 14.8 Å². The number of likely N-dealkylation sites (N-methyl/N-ethyl adjacent to an activating group) is 2. The van der Waals surface area contributed by atoms with Crippen molar-refractivity contribution in [3.8, 4) is 11.1 Å². The van der Waals surface area contributed by atoms with E-state index in [4.69, 9.17) is 17.3 Å². The molecule has 0 radical (unpaired) electrons. The molecule has 3 rings (SSSR count). The van der Waals surface area contributed by atoms with Gasteiger partial charge in [-0.1, -0.05) is 30.2 Å². The van der Waals surface area contributed by atoms with Crippen molar-refractivity contribution in [2.24, 2.45) is 0 Å². The van der Waals surface area contributed by atoms with Gasteiger partial charge in [-0.15, -0.1) is 0 Å². The Morgan fingerprint density at radius 3 is 2.88 bits per heavy atom. The summed E-state index contributed by atoms with van der Waals surface area (Å²) < 4.78 is 0. The Hall–Kier alpha value is -2.11. The maximum atomic E-state index is 12.9. The highest BCUT2D eigenvalue weighted by Crippen LogP contribution is 2.26. The number of nitrogens with two attached hydrogens (primary N) is 1. The van der Waals surface area contributed by atoms with Crippen LogP contribution in [-0.2, 0) is 0 Å². The molecule has 1 saturated heterocycles. The summed E-state index contributed by atoms with van der Waals surface area (Å²) >= 11 is 6.07. The lowest BCUT2D eigenvalue weighted by molar-refractivity contribution is 0.0717. The van der Waals surface area contributed by atoms with Crippen molar-refractivity contribution in [3.05, 3.63) is 47.1 Å². The molecule has 1 fully saturated rings. The zero-order valence-electron chi connectivity index (χ0n) is 15.3. The first-order valence-corrected chi connectivity index (χ1v) is 9.30. The molecule has 0 bridgehead atoms. The van der Waals surface area contributed by atoms with Gasteiger partial charge in [0.15, 0.2) is 0 Å². The van der Waals surface area contributed by atoms with Gasteiger partial charge in [-0.2, -0.15) is 0 Å². The van der Waals surface area contributed by atoms with Gasteiger partial charge in [0.25, 0.3) is 5.91 Å². The summed E-state index contributed by atoms with van der Waals surface area (Å²) in [6, 6.07) is 9.75. The smallest absolute Gasteiger partial charge is 0.253 e. The van der Waals surface area contributed by atoms with Crippen molar-refractivity contribution < 1.29 is 4.79 Å². The molecule has 0 spiro atoms. The number of pyridine rings is 1. The molecule has 1 aromatic heterocycles. The van der Waals surface area contributed by atoms with E-state index in [2.05, 4.69) is 16.9 Å². The predicted octanol–water partition coefficient (Wildman–Crippen LogP) is 3.54. The second kappa shape index (κ2) is 8.06. The van der Waals surface area contributed by atoms with Crippen molar-refractivity contribution >= 4 is 23.3 Å².